The molecule has 1 saturated heterocycles. The van der Waals surface area contributed by atoms with E-state index in [1.165, 1.54) is 44.6 Å². The molecule has 0 aromatic heterocycles. The van der Waals surface area contributed by atoms with Gasteiger partial charge < -0.3 is 9.47 Å². The van der Waals surface area contributed by atoms with Crippen LogP contribution in [0.3, 0.4) is 0 Å². The standard InChI is InChI=1S/C23H33F3O2/c1-3-5-15-6-8-16(9-7-15)19-12-10-17(14-28-19)18-11-13-20(27-4-2)21(22(18)24)23(25)26/h11,13,15-17,19,23H,3-10,12,14H2,1-2H3. The van der Waals surface area contributed by atoms with Crippen molar-refractivity contribution >= 4 is 0 Å². The smallest absolute Gasteiger partial charge is 0.270 e. The van der Waals surface area contributed by atoms with Gasteiger partial charge in [-0.2, -0.15) is 0 Å². The topological polar surface area (TPSA) is 18.5 Å². The van der Waals surface area contributed by atoms with Gasteiger partial charge in [-0.1, -0.05) is 38.7 Å². The van der Waals surface area contributed by atoms with E-state index >= 15 is 0 Å². The van der Waals surface area contributed by atoms with Crippen LogP contribution >= 0.6 is 0 Å². The van der Waals surface area contributed by atoms with Gasteiger partial charge in [-0.25, -0.2) is 13.2 Å². The molecule has 2 atom stereocenters. The molecule has 28 heavy (non-hydrogen) atoms. The van der Waals surface area contributed by atoms with Crippen LogP contribution in [-0.2, 0) is 4.74 Å². The van der Waals surface area contributed by atoms with Crippen LogP contribution in [0.5, 0.6) is 5.75 Å². The van der Waals surface area contributed by atoms with Gasteiger partial charge in [-0.15, -0.1) is 0 Å². The first-order chi connectivity index (χ1) is 13.5. The van der Waals surface area contributed by atoms with Gasteiger partial charge in [0.1, 0.15) is 11.6 Å². The lowest BCUT2D eigenvalue weighted by molar-refractivity contribution is -0.0440. The second-order valence-corrected chi connectivity index (χ2v) is 8.33. The first-order valence-corrected chi connectivity index (χ1v) is 10.9. The zero-order chi connectivity index (χ0) is 20.1. The van der Waals surface area contributed by atoms with E-state index < -0.39 is 17.8 Å². The minimum absolute atomic E-state index is 0.0582. The normalized spacial score (nSPS) is 28.5. The molecule has 1 aromatic rings. The van der Waals surface area contributed by atoms with Crippen molar-refractivity contribution in [2.75, 3.05) is 13.2 Å². The molecular weight excluding hydrogens is 365 g/mol. The highest BCUT2D eigenvalue weighted by Gasteiger charge is 2.34. The molecule has 158 valence electrons. The summed E-state index contributed by atoms with van der Waals surface area (Å²) in [6.45, 7) is 4.59. The Kier molecular flexibility index (Phi) is 7.67. The van der Waals surface area contributed by atoms with Crippen molar-refractivity contribution in [2.24, 2.45) is 11.8 Å². The Balaban J connectivity index is 1.61. The van der Waals surface area contributed by atoms with Crippen molar-refractivity contribution in [2.45, 2.75) is 83.7 Å². The number of rotatable bonds is 7. The summed E-state index contributed by atoms with van der Waals surface area (Å²) in [5.74, 6) is 0.408. The second kappa shape index (κ2) is 10.00. The number of alkyl halides is 2. The van der Waals surface area contributed by atoms with E-state index in [0.29, 0.717) is 18.1 Å². The lowest BCUT2D eigenvalue weighted by Gasteiger charge is -2.38. The monoisotopic (exact) mass is 398 g/mol. The SMILES string of the molecule is CCCC1CCC(C2CCC(c3ccc(OCC)c(C(F)F)c3F)CO2)CC1. The minimum atomic E-state index is -2.89. The van der Waals surface area contributed by atoms with Crippen molar-refractivity contribution in [3.63, 3.8) is 0 Å². The van der Waals surface area contributed by atoms with Gasteiger partial charge in [0, 0.05) is 5.92 Å². The summed E-state index contributed by atoms with van der Waals surface area (Å²) in [4.78, 5) is 0. The highest BCUT2D eigenvalue weighted by molar-refractivity contribution is 5.41. The van der Waals surface area contributed by atoms with Crippen LogP contribution in [0.15, 0.2) is 12.1 Å². The van der Waals surface area contributed by atoms with E-state index in [4.69, 9.17) is 9.47 Å². The molecule has 1 saturated carbocycles. The third-order valence-electron chi connectivity index (χ3n) is 6.55. The maximum atomic E-state index is 14.8. The van der Waals surface area contributed by atoms with E-state index in [2.05, 4.69) is 6.92 Å². The summed E-state index contributed by atoms with van der Waals surface area (Å²) in [5, 5.41) is 0. The van der Waals surface area contributed by atoms with Crippen molar-refractivity contribution in [1.82, 2.24) is 0 Å². The number of ether oxygens (including phenoxy) is 2. The lowest BCUT2D eigenvalue weighted by atomic mass is 9.75. The summed E-state index contributed by atoms with van der Waals surface area (Å²) >= 11 is 0. The Morgan fingerprint density at radius 1 is 1.07 bits per heavy atom. The van der Waals surface area contributed by atoms with Gasteiger partial charge >= 0.3 is 0 Å². The molecule has 2 fully saturated rings. The van der Waals surface area contributed by atoms with E-state index in [1.807, 2.05) is 0 Å². The Labute approximate surface area is 166 Å². The molecule has 1 aromatic carbocycles. The highest BCUT2D eigenvalue weighted by Crippen LogP contribution is 2.41. The van der Waals surface area contributed by atoms with E-state index in [0.717, 1.165) is 18.8 Å². The molecule has 2 unspecified atom stereocenters. The second-order valence-electron chi connectivity index (χ2n) is 8.33. The van der Waals surface area contributed by atoms with Crippen LogP contribution in [0, 0.1) is 17.7 Å². The molecule has 2 nitrogen and oxygen atoms in total. The van der Waals surface area contributed by atoms with Crippen molar-refractivity contribution in [1.29, 1.82) is 0 Å². The van der Waals surface area contributed by atoms with Gasteiger partial charge in [0.15, 0.2) is 0 Å². The first-order valence-electron chi connectivity index (χ1n) is 10.9. The summed E-state index contributed by atoms with van der Waals surface area (Å²) in [6, 6.07) is 3.07. The zero-order valence-corrected chi connectivity index (χ0v) is 17.1. The average molecular weight is 399 g/mol. The minimum Gasteiger partial charge on any atom is -0.493 e. The maximum absolute atomic E-state index is 14.8. The largest absolute Gasteiger partial charge is 0.493 e. The van der Waals surface area contributed by atoms with Crippen LogP contribution in [0.4, 0.5) is 13.2 Å². The zero-order valence-electron chi connectivity index (χ0n) is 17.1. The van der Waals surface area contributed by atoms with E-state index in [-0.39, 0.29) is 24.4 Å². The van der Waals surface area contributed by atoms with Crippen LogP contribution in [0.25, 0.3) is 0 Å². The lowest BCUT2D eigenvalue weighted by Crippen LogP contribution is -2.33. The Bertz CT molecular complexity index is 619. The Morgan fingerprint density at radius 3 is 2.39 bits per heavy atom. The fourth-order valence-corrected chi connectivity index (χ4v) is 5.04. The summed E-state index contributed by atoms with van der Waals surface area (Å²) in [7, 11) is 0. The van der Waals surface area contributed by atoms with Gasteiger partial charge in [0.05, 0.1) is 24.9 Å². The quantitative estimate of drug-likeness (QED) is 0.491. The predicted molar refractivity (Wildman–Crippen MR) is 105 cm³/mol. The fraction of sp³-hybridized carbons (Fsp3) is 0.739. The third kappa shape index (κ3) is 4.84. The molecule has 0 spiro atoms. The van der Waals surface area contributed by atoms with Crippen LogP contribution in [0.2, 0.25) is 0 Å². The van der Waals surface area contributed by atoms with Crippen LogP contribution < -0.4 is 4.74 Å². The number of hydrogen-bond acceptors (Lipinski definition) is 2. The fourth-order valence-electron chi connectivity index (χ4n) is 5.04. The summed E-state index contributed by atoms with van der Waals surface area (Å²) in [6.07, 6.45) is 6.59. The Hall–Kier alpha value is -1.23. The molecule has 1 heterocycles. The van der Waals surface area contributed by atoms with Gasteiger partial charge in [0.25, 0.3) is 6.43 Å². The molecule has 0 amide bonds. The van der Waals surface area contributed by atoms with E-state index in [1.54, 1.807) is 13.0 Å². The molecule has 0 N–H and O–H groups in total. The van der Waals surface area contributed by atoms with Crippen molar-refractivity contribution in [3.8, 4) is 5.75 Å². The molecule has 1 aliphatic carbocycles. The maximum Gasteiger partial charge on any atom is 0.270 e. The summed E-state index contributed by atoms with van der Waals surface area (Å²) in [5.41, 5.74) is -0.278. The van der Waals surface area contributed by atoms with Crippen molar-refractivity contribution < 1.29 is 22.6 Å². The number of hydrogen-bond donors (Lipinski definition) is 0. The van der Waals surface area contributed by atoms with Crippen LogP contribution in [-0.4, -0.2) is 19.3 Å². The van der Waals surface area contributed by atoms with Gasteiger partial charge in [0.2, 0.25) is 0 Å². The Morgan fingerprint density at radius 2 is 1.82 bits per heavy atom. The number of benzene rings is 1. The van der Waals surface area contributed by atoms with Gasteiger partial charge in [-0.3, -0.25) is 0 Å². The first kappa shape index (κ1) is 21.5. The molecule has 0 bridgehead atoms. The molecule has 1 aliphatic heterocycles. The average Bonchev–Trinajstić information content (AvgIpc) is 2.69. The van der Waals surface area contributed by atoms with Gasteiger partial charge in [-0.05, 0) is 56.1 Å². The predicted octanol–water partition coefficient (Wildman–Crippen LogP) is 7.03. The molecule has 3 rings (SSSR count). The molecular formula is C23H33F3O2. The summed E-state index contributed by atoms with van der Waals surface area (Å²) < 4.78 is 53.0. The molecule has 0 radical (unpaired) electrons. The highest BCUT2D eigenvalue weighted by atomic mass is 19.3. The third-order valence-corrected chi connectivity index (χ3v) is 6.55. The van der Waals surface area contributed by atoms with E-state index in [9.17, 15) is 13.2 Å². The van der Waals surface area contributed by atoms with Crippen LogP contribution in [0.1, 0.15) is 88.7 Å². The molecule has 5 heteroatoms. The number of halogens is 3. The molecule has 2 aliphatic rings. The van der Waals surface area contributed by atoms with Crippen molar-refractivity contribution in [3.05, 3.63) is 29.1 Å².